The number of rotatable bonds is 12. The number of amides is 4. The lowest BCUT2D eigenvalue weighted by Crippen LogP contribution is -2.55. The van der Waals surface area contributed by atoms with Gasteiger partial charge in [0, 0.05) is 69.6 Å². The van der Waals surface area contributed by atoms with Crippen LogP contribution in [0.5, 0.6) is 0 Å². The number of nitrogens with one attached hydrogen (secondary N) is 1. The monoisotopic (exact) mass is 819 g/mol. The largest absolute Gasteiger partial charge is 0.436 e. The van der Waals surface area contributed by atoms with Crippen LogP contribution in [0.4, 0.5) is 34.1 Å². The third kappa shape index (κ3) is 11.0. The van der Waals surface area contributed by atoms with Gasteiger partial charge in [0.25, 0.3) is 5.91 Å². The van der Waals surface area contributed by atoms with E-state index in [0.717, 1.165) is 68.9 Å². The van der Waals surface area contributed by atoms with Gasteiger partial charge in [0.15, 0.2) is 6.10 Å². The Hall–Kier alpha value is -3.79. The summed E-state index contributed by atoms with van der Waals surface area (Å²) in [6.07, 6.45) is 0.244. The van der Waals surface area contributed by atoms with Gasteiger partial charge in [-0.05, 0) is 108 Å². The molecule has 0 saturated carbocycles. The number of likely N-dealkylation sites (tertiary alicyclic amines) is 3. The van der Waals surface area contributed by atoms with E-state index in [0.29, 0.717) is 58.2 Å². The Morgan fingerprint density at radius 2 is 1.67 bits per heavy atom. The Kier molecular flexibility index (Phi) is 14.5. The molecule has 0 spiro atoms. The molecule has 0 aliphatic carbocycles. The van der Waals surface area contributed by atoms with Gasteiger partial charge in [-0.15, -0.1) is 0 Å². The second kappa shape index (κ2) is 19.3. The highest BCUT2D eigenvalue weighted by atomic mass is 35.5. The number of para-hydroxylation sites is 1. The smallest absolute Gasteiger partial charge is 0.418 e. The van der Waals surface area contributed by atoms with Crippen LogP contribution in [-0.4, -0.2) is 140 Å². The Morgan fingerprint density at radius 1 is 0.965 bits per heavy atom. The first-order valence-electron chi connectivity index (χ1n) is 20.3. The van der Waals surface area contributed by atoms with Crippen molar-refractivity contribution in [2.45, 2.75) is 94.6 Å². The topological polar surface area (TPSA) is 124 Å². The molecule has 3 fully saturated rings. The molecule has 0 aromatic heterocycles. The molecule has 0 bridgehead atoms. The van der Waals surface area contributed by atoms with Gasteiger partial charge in [0.05, 0.1) is 22.9 Å². The Labute approximate surface area is 338 Å². The van der Waals surface area contributed by atoms with Crippen LogP contribution in [0, 0.1) is 0 Å². The van der Waals surface area contributed by atoms with Crippen LogP contribution in [0.1, 0.15) is 68.1 Å². The highest BCUT2D eigenvalue weighted by Gasteiger charge is 2.39. The molecule has 4 heterocycles. The number of nitrogens with zero attached hydrogens (tertiary/aromatic N) is 5. The number of alkyl halides is 3. The number of piperidine rings is 3. The summed E-state index contributed by atoms with van der Waals surface area (Å²) in [6, 6.07) is 10.2. The highest BCUT2D eigenvalue weighted by molar-refractivity contribution is 6.33. The quantitative estimate of drug-likeness (QED) is 0.188. The zero-order valence-corrected chi connectivity index (χ0v) is 33.8. The minimum atomic E-state index is -4.78. The summed E-state index contributed by atoms with van der Waals surface area (Å²) in [4.78, 5) is 50.8. The standard InChI is InChI=1S/C41H57ClF3N7O5/c1-48(2)16-7-23-56-27-32-9-5-6-17-51(32)30-12-18-49(19-13-30)38(53)36(26-28-24-33(41(43,44)45)37(46)34(42)25-28)57-40(55)50-20-14-31(15-21-50)52-22-11-29-8-3-4-10-35(29)47-39(52)54/h3-4,8,10,24-25,30-32,36H,5-7,9,11-23,26-27,46H2,1-2H3,(H,47,54)/t32-,36+/m0/s1. The lowest BCUT2D eigenvalue weighted by Gasteiger charge is -2.45. The molecular formula is C41H57ClF3N7O5. The Balaban J connectivity index is 1.10. The summed E-state index contributed by atoms with van der Waals surface area (Å²) < 4.78 is 53.8. The van der Waals surface area contributed by atoms with Crippen LogP contribution >= 0.6 is 11.6 Å². The summed E-state index contributed by atoms with van der Waals surface area (Å²) >= 11 is 6.17. The predicted molar refractivity (Wildman–Crippen MR) is 213 cm³/mol. The van der Waals surface area contributed by atoms with E-state index in [1.54, 1.807) is 4.90 Å². The molecule has 2 aromatic rings. The number of carbonyl (C=O) groups excluding carboxylic acids is 3. The summed E-state index contributed by atoms with van der Waals surface area (Å²) in [5, 5.41) is 2.71. The number of carbonyl (C=O) groups is 3. The van der Waals surface area contributed by atoms with Crippen molar-refractivity contribution in [3.05, 3.63) is 58.1 Å². The van der Waals surface area contributed by atoms with Crippen LogP contribution < -0.4 is 11.1 Å². The Morgan fingerprint density at radius 3 is 2.39 bits per heavy atom. The van der Waals surface area contributed by atoms with Crippen molar-refractivity contribution in [2.75, 3.05) is 84.2 Å². The average Bonchev–Trinajstić information content (AvgIpc) is 3.36. The second-order valence-corrected chi connectivity index (χ2v) is 16.4. The summed E-state index contributed by atoms with van der Waals surface area (Å²) in [5.74, 6) is -0.460. The number of ether oxygens (including phenoxy) is 2. The lowest BCUT2D eigenvalue weighted by molar-refractivity contribution is -0.143. The fourth-order valence-electron chi connectivity index (χ4n) is 8.72. The molecule has 4 aliphatic rings. The maximum atomic E-state index is 14.2. The fraction of sp³-hybridized carbons (Fsp3) is 0.634. The normalized spacial score (nSPS) is 20.9. The van der Waals surface area contributed by atoms with Gasteiger partial charge in [0.2, 0.25) is 0 Å². The molecule has 314 valence electrons. The van der Waals surface area contributed by atoms with E-state index >= 15 is 0 Å². The maximum Gasteiger partial charge on any atom is 0.418 e. The van der Waals surface area contributed by atoms with Crippen molar-refractivity contribution in [2.24, 2.45) is 0 Å². The molecule has 2 atom stereocenters. The van der Waals surface area contributed by atoms with Crippen molar-refractivity contribution < 1.29 is 37.0 Å². The summed E-state index contributed by atoms with van der Waals surface area (Å²) in [5.41, 5.74) is 5.93. The fourth-order valence-corrected chi connectivity index (χ4v) is 8.96. The number of benzene rings is 2. The third-order valence-corrected chi connectivity index (χ3v) is 12.2. The molecule has 6 rings (SSSR count). The molecular weight excluding hydrogens is 763 g/mol. The number of nitrogens with two attached hydrogens (primary N) is 1. The molecule has 3 N–H and O–H groups in total. The van der Waals surface area contributed by atoms with Crippen molar-refractivity contribution in [3.63, 3.8) is 0 Å². The van der Waals surface area contributed by atoms with Crippen molar-refractivity contribution >= 4 is 41.0 Å². The maximum absolute atomic E-state index is 14.2. The minimum Gasteiger partial charge on any atom is -0.436 e. The molecule has 0 unspecified atom stereocenters. The summed E-state index contributed by atoms with van der Waals surface area (Å²) in [6.45, 7) is 5.29. The van der Waals surface area contributed by atoms with Gasteiger partial charge >= 0.3 is 18.3 Å². The van der Waals surface area contributed by atoms with E-state index in [-0.39, 0.29) is 48.2 Å². The van der Waals surface area contributed by atoms with Crippen molar-refractivity contribution in [1.29, 1.82) is 0 Å². The molecule has 16 heteroatoms. The van der Waals surface area contributed by atoms with Gasteiger partial charge < -0.3 is 40.1 Å². The molecule has 57 heavy (non-hydrogen) atoms. The lowest BCUT2D eigenvalue weighted by atomic mass is 9.95. The van der Waals surface area contributed by atoms with Crippen LogP contribution in [0.15, 0.2) is 36.4 Å². The van der Waals surface area contributed by atoms with Crippen molar-refractivity contribution in [1.82, 2.24) is 24.5 Å². The number of urea groups is 1. The molecule has 4 aliphatic heterocycles. The van der Waals surface area contributed by atoms with E-state index in [9.17, 15) is 27.6 Å². The van der Waals surface area contributed by atoms with E-state index in [2.05, 4.69) is 15.1 Å². The van der Waals surface area contributed by atoms with E-state index in [4.69, 9.17) is 26.8 Å². The van der Waals surface area contributed by atoms with Crippen LogP contribution in [-0.2, 0) is 33.3 Å². The zero-order valence-electron chi connectivity index (χ0n) is 33.1. The number of hydrogen-bond donors (Lipinski definition) is 2. The first-order chi connectivity index (χ1) is 27.3. The first-order valence-corrected chi connectivity index (χ1v) is 20.7. The molecule has 2 aromatic carbocycles. The number of fused-ring (bicyclic) bond motifs is 1. The highest BCUT2D eigenvalue weighted by Crippen LogP contribution is 2.38. The number of nitrogen functional groups attached to an aromatic ring is 1. The van der Waals surface area contributed by atoms with Gasteiger partial charge in [-0.25, -0.2) is 9.59 Å². The van der Waals surface area contributed by atoms with Gasteiger partial charge in [-0.2, -0.15) is 13.2 Å². The van der Waals surface area contributed by atoms with Gasteiger partial charge in [0.1, 0.15) is 0 Å². The molecule has 12 nitrogen and oxygen atoms in total. The van der Waals surface area contributed by atoms with E-state index < -0.39 is 35.5 Å². The molecule has 0 radical (unpaired) electrons. The first kappa shape index (κ1) is 42.8. The number of hydrogen-bond acceptors (Lipinski definition) is 8. The van der Waals surface area contributed by atoms with Crippen LogP contribution in [0.2, 0.25) is 5.02 Å². The van der Waals surface area contributed by atoms with Crippen molar-refractivity contribution in [3.8, 4) is 0 Å². The molecule has 4 amide bonds. The Bertz CT molecular complexity index is 1700. The second-order valence-electron chi connectivity index (χ2n) is 16.0. The average molecular weight is 820 g/mol. The third-order valence-electron chi connectivity index (χ3n) is 11.9. The minimum absolute atomic E-state index is 0.0798. The zero-order chi connectivity index (χ0) is 40.7. The van der Waals surface area contributed by atoms with Crippen LogP contribution in [0.3, 0.4) is 0 Å². The number of anilines is 2. The number of halogens is 4. The van der Waals surface area contributed by atoms with Crippen LogP contribution in [0.25, 0.3) is 0 Å². The summed E-state index contributed by atoms with van der Waals surface area (Å²) in [7, 11) is 4.10. The predicted octanol–water partition coefficient (Wildman–Crippen LogP) is 6.36. The van der Waals surface area contributed by atoms with E-state index in [1.165, 1.54) is 11.0 Å². The van der Waals surface area contributed by atoms with Gasteiger partial charge in [-0.1, -0.05) is 36.2 Å². The van der Waals surface area contributed by atoms with E-state index in [1.807, 2.05) is 43.3 Å². The molecule has 3 saturated heterocycles. The SMILES string of the molecule is CN(C)CCCOC[C@@H]1CCCCN1C1CCN(C(=O)[C@@H](Cc2cc(Cl)c(N)c(C(F)(F)F)c2)OC(=O)N2CCC(N3CCc4ccccc4NC3=O)CC2)CC1. The van der Waals surface area contributed by atoms with Gasteiger partial charge in [-0.3, -0.25) is 9.69 Å².